The molecule has 3 amide bonds. The Labute approximate surface area is 280 Å². The van der Waals surface area contributed by atoms with Gasteiger partial charge >= 0.3 is 12.1 Å². The Balaban J connectivity index is 1.53. The van der Waals surface area contributed by atoms with Crippen LogP contribution >= 0.6 is 0 Å². The van der Waals surface area contributed by atoms with Crippen LogP contribution in [0.2, 0.25) is 0 Å². The molecular formula is C36H43N5O7. The Hall–Kier alpha value is -5.23. The molecule has 3 N–H and O–H groups in total. The number of hydrogen-bond donors (Lipinski definition) is 3. The predicted octanol–water partition coefficient (Wildman–Crippen LogP) is 5.13. The minimum atomic E-state index is -1.43. The van der Waals surface area contributed by atoms with E-state index in [1.165, 1.54) is 30.9 Å². The third-order valence-corrected chi connectivity index (χ3v) is 7.13. The highest BCUT2D eigenvalue weighted by Crippen LogP contribution is 2.25. The van der Waals surface area contributed by atoms with Crippen LogP contribution in [0.4, 0.5) is 10.5 Å². The first kappa shape index (κ1) is 35.6. The topological polar surface area (TPSA) is 150 Å². The SMILES string of the molecule is CCOC(=O)C(c1ccc2ccccc2c1)n1cc(NC(=O)[C@@H](COCc2ccccc2)NC(=O)C(C)(C)NC(=O)OC(C)(C)C)cn1. The van der Waals surface area contributed by atoms with Crippen molar-refractivity contribution in [1.82, 2.24) is 20.4 Å². The molecule has 3 aromatic carbocycles. The van der Waals surface area contributed by atoms with Crippen LogP contribution in [0.3, 0.4) is 0 Å². The number of ether oxygens (including phenoxy) is 3. The van der Waals surface area contributed by atoms with E-state index in [0.29, 0.717) is 5.56 Å². The van der Waals surface area contributed by atoms with Gasteiger partial charge in [-0.1, -0.05) is 66.7 Å². The number of alkyl carbamates (subject to hydrolysis) is 1. The van der Waals surface area contributed by atoms with Crippen molar-refractivity contribution in [2.45, 2.75) is 71.4 Å². The molecule has 4 aromatic rings. The fourth-order valence-electron chi connectivity index (χ4n) is 4.78. The summed E-state index contributed by atoms with van der Waals surface area (Å²) in [4.78, 5) is 52.5. The van der Waals surface area contributed by atoms with Crippen LogP contribution in [0.1, 0.15) is 58.7 Å². The Morgan fingerprint density at radius 2 is 1.58 bits per heavy atom. The molecule has 4 rings (SSSR count). The Bertz CT molecular complexity index is 1730. The first-order valence-corrected chi connectivity index (χ1v) is 15.7. The maximum absolute atomic E-state index is 13.6. The highest BCUT2D eigenvalue weighted by atomic mass is 16.6. The molecule has 1 aromatic heterocycles. The van der Waals surface area contributed by atoms with Crippen molar-refractivity contribution in [2.24, 2.45) is 0 Å². The van der Waals surface area contributed by atoms with Gasteiger partial charge in [0.25, 0.3) is 0 Å². The van der Waals surface area contributed by atoms with Gasteiger partial charge in [0.15, 0.2) is 6.04 Å². The molecule has 0 bridgehead atoms. The van der Waals surface area contributed by atoms with E-state index in [1.54, 1.807) is 27.7 Å². The number of rotatable bonds is 13. The summed E-state index contributed by atoms with van der Waals surface area (Å²) in [6, 6.07) is 20.8. The Morgan fingerprint density at radius 1 is 0.896 bits per heavy atom. The number of anilines is 1. The smallest absolute Gasteiger partial charge is 0.408 e. The van der Waals surface area contributed by atoms with E-state index in [0.717, 1.165) is 16.3 Å². The summed E-state index contributed by atoms with van der Waals surface area (Å²) in [7, 11) is 0. The van der Waals surface area contributed by atoms with Gasteiger partial charge in [-0.3, -0.25) is 14.3 Å². The molecule has 0 spiro atoms. The number of carbonyl (C=O) groups is 4. The van der Waals surface area contributed by atoms with Crippen molar-refractivity contribution >= 4 is 40.3 Å². The second-order valence-electron chi connectivity index (χ2n) is 12.7. The van der Waals surface area contributed by atoms with Crippen molar-refractivity contribution in [3.05, 3.63) is 96.3 Å². The van der Waals surface area contributed by atoms with Crippen molar-refractivity contribution in [3.8, 4) is 0 Å². The van der Waals surface area contributed by atoms with E-state index in [2.05, 4.69) is 21.0 Å². The summed E-state index contributed by atoms with van der Waals surface area (Å²) >= 11 is 0. The lowest BCUT2D eigenvalue weighted by molar-refractivity contribution is -0.146. The van der Waals surface area contributed by atoms with Crippen molar-refractivity contribution in [2.75, 3.05) is 18.5 Å². The van der Waals surface area contributed by atoms with Gasteiger partial charge < -0.3 is 30.2 Å². The number of hydrogen-bond acceptors (Lipinski definition) is 8. The monoisotopic (exact) mass is 657 g/mol. The second kappa shape index (κ2) is 15.6. The van der Waals surface area contributed by atoms with E-state index >= 15 is 0 Å². The molecule has 0 aliphatic rings. The molecule has 12 heteroatoms. The van der Waals surface area contributed by atoms with Gasteiger partial charge in [0.2, 0.25) is 11.8 Å². The van der Waals surface area contributed by atoms with E-state index in [4.69, 9.17) is 14.2 Å². The second-order valence-corrected chi connectivity index (χ2v) is 12.7. The van der Waals surface area contributed by atoms with Gasteiger partial charge in [-0.25, -0.2) is 9.59 Å². The van der Waals surface area contributed by atoms with Gasteiger partial charge in [-0.2, -0.15) is 5.10 Å². The molecule has 1 unspecified atom stereocenters. The zero-order valence-corrected chi connectivity index (χ0v) is 28.1. The van der Waals surface area contributed by atoms with E-state index < -0.39 is 47.1 Å². The van der Waals surface area contributed by atoms with Gasteiger partial charge in [-0.15, -0.1) is 0 Å². The molecule has 254 valence electrons. The summed E-state index contributed by atoms with van der Waals surface area (Å²) < 4.78 is 17.9. The summed E-state index contributed by atoms with van der Waals surface area (Å²) in [5, 5.41) is 14.3. The van der Waals surface area contributed by atoms with Crippen LogP contribution < -0.4 is 16.0 Å². The summed E-state index contributed by atoms with van der Waals surface area (Å²) in [5.41, 5.74) is -0.376. The zero-order valence-electron chi connectivity index (χ0n) is 28.1. The van der Waals surface area contributed by atoms with Crippen LogP contribution in [-0.4, -0.2) is 64.1 Å². The Morgan fingerprint density at radius 3 is 2.27 bits per heavy atom. The quantitative estimate of drug-likeness (QED) is 0.168. The maximum atomic E-state index is 13.6. The van der Waals surface area contributed by atoms with Gasteiger partial charge in [0.1, 0.15) is 17.2 Å². The molecule has 2 atom stereocenters. The van der Waals surface area contributed by atoms with Gasteiger partial charge in [0, 0.05) is 6.20 Å². The molecule has 0 radical (unpaired) electrons. The molecular weight excluding hydrogens is 614 g/mol. The number of amides is 3. The summed E-state index contributed by atoms with van der Waals surface area (Å²) in [6.07, 6.45) is 2.15. The minimum Gasteiger partial charge on any atom is -0.464 e. The number of carbonyl (C=O) groups excluding carboxylic acids is 4. The molecule has 0 aliphatic carbocycles. The fraction of sp³-hybridized carbons (Fsp3) is 0.361. The number of nitrogens with zero attached hydrogens (tertiary/aromatic N) is 2. The molecule has 0 fully saturated rings. The van der Waals surface area contributed by atoms with E-state index in [-0.39, 0.29) is 25.5 Å². The highest BCUT2D eigenvalue weighted by Gasteiger charge is 2.35. The normalized spacial score (nSPS) is 12.9. The molecule has 0 aliphatic heterocycles. The summed E-state index contributed by atoms with van der Waals surface area (Å²) in [6.45, 7) is 10.1. The average Bonchev–Trinajstić information content (AvgIpc) is 3.47. The lowest BCUT2D eigenvalue weighted by Crippen LogP contribution is -2.59. The number of benzene rings is 3. The standard InChI is InChI=1S/C36H43N5O7/c1-7-47-32(43)30(27-18-17-25-15-11-12-16-26(25)19-27)41-21-28(20-37-41)38-31(42)29(23-46-22-24-13-9-8-10-14-24)39-33(44)36(5,6)40-34(45)48-35(2,3)4/h8-21,29-30H,7,22-23H2,1-6H3,(H,38,42)(H,39,44)(H,40,45)/t29-,30?/m1/s1. The highest BCUT2D eigenvalue weighted by molar-refractivity contribution is 5.99. The van der Waals surface area contributed by atoms with E-state index in [9.17, 15) is 19.2 Å². The number of esters is 1. The molecule has 0 saturated heterocycles. The first-order valence-electron chi connectivity index (χ1n) is 15.7. The lowest BCUT2D eigenvalue weighted by Gasteiger charge is -2.29. The molecule has 12 nitrogen and oxygen atoms in total. The van der Waals surface area contributed by atoms with Crippen molar-refractivity contribution in [3.63, 3.8) is 0 Å². The van der Waals surface area contributed by atoms with Crippen LogP contribution in [0.15, 0.2) is 85.2 Å². The number of fused-ring (bicyclic) bond motifs is 1. The predicted molar refractivity (Wildman–Crippen MR) is 181 cm³/mol. The largest absolute Gasteiger partial charge is 0.464 e. The molecule has 0 saturated carbocycles. The number of nitrogens with one attached hydrogen (secondary N) is 3. The van der Waals surface area contributed by atoms with Crippen molar-refractivity contribution < 1.29 is 33.4 Å². The lowest BCUT2D eigenvalue weighted by atomic mass is 10.0. The summed E-state index contributed by atoms with van der Waals surface area (Å²) in [5.74, 6) is -1.73. The van der Waals surface area contributed by atoms with Crippen LogP contribution in [0.25, 0.3) is 10.8 Å². The van der Waals surface area contributed by atoms with Crippen molar-refractivity contribution in [1.29, 1.82) is 0 Å². The van der Waals surface area contributed by atoms with Gasteiger partial charge in [-0.05, 0) is 69.5 Å². The Kier molecular flexibility index (Phi) is 11.6. The minimum absolute atomic E-state index is 0.175. The van der Waals surface area contributed by atoms with Crippen LogP contribution in [-0.2, 0) is 35.2 Å². The first-order chi connectivity index (χ1) is 22.8. The molecule has 1 heterocycles. The third kappa shape index (κ3) is 9.88. The van der Waals surface area contributed by atoms with Crippen LogP contribution in [0.5, 0.6) is 0 Å². The number of aromatic nitrogens is 2. The maximum Gasteiger partial charge on any atom is 0.408 e. The molecule has 48 heavy (non-hydrogen) atoms. The zero-order chi connectivity index (χ0) is 34.9. The van der Waals surface area contributed by atoms with Gasteiger partial charge in [0.05, 0.1) is 31.7 Å². The average molecular weight is 658 g/mol. The fourth-order valence-corrected chi connectivity index (χ4v) is 4.78. The third-order valence-electron chi connectivity index (χ3n) is 7.13. The van der Waals surface area contributed by atoms with E-state index in [1.807, 2.05) is 72.8 Å². The van der Waals surface area contributed by atoms with Crippen LogP contribution in [0, 0.1) is 0 Å².